The van der Waals surface area contributed by atoms with Gasteiger partial charge in [-0.1, -0.05) is 12.1 Å². The maximum atomic E-state index is 13.1. The molecule has 1 heterocycles. The monoisotopic (exact) mass is 300 g/mol. The van der Waals surface area contributed by atoms with Crippen molar-refractivity contribution in [3.63, 3.8) is 0 Å². The van der Waals surface area contributed by atoms with Gasteiger partial charge in [-0.05, 0) is 43.4 Å². The van der Waals surface area contributed by atoms with E-state index in [-0.39, 0.29) is 36.6 Å². The number of carbonyl (C=O) groups is 1. The van der Waals surface area contributed by atoms with Crippen molar-refractivity contribution in [1.29, 1.82) is 0 Å². The number of hydrogen-bond donors (Lipinski definition) is 1. The first kappa shape index (κ1) is 16.9. The van der Waals surface area contributed by atoms with E-state index in [2.05, 4.69) is 0 Å². The molecule has 1 saturated heterocycles. The minimum Gasteiger partial charge on any atom is -0.342 e. The molecule has 2 atom stereocenters. The lowest BCUT2D eigenvalue weighted by Crippen LogP contribution is -2.45. The fourth-order valence-corrected chi connectivity index (χ4v) is 2.60. The molecule has 1 aliphatic heterocycles. The average molecular weight is 301 g/mol. The van der Waals surface area contributed by atoms with Crippen LogP contribution in [0.25, 0.3) is 0 Å². The van der Waals surface area contributed by atoms with Gasteiger partial charge in [0.25, 0.3) is 0 Å². The predicted molar refractivity (Wildman–Crippen MR) is 80.3 cm³/mol. The van der Waals surface area contributed by atoms with E-state index in [1.165, 1.54) is 12.1 Å². The molecule has 2 N–H and O–H groups in total. The summed E-state index contributed by atoms with van der Waals surface area (Å²) in [7, 11) is 0. The molecule has 2 rings (SSSR count). The van der Waals surface area contributed by atoms with Crippen LogP contribution in [0.2, 0.25) is 0 Å². The summed E-state index contributed by atoms with van der Waals surface area (Å²) in [5.41, 5.74) is 6.64. The second kappa shape index (κ2) is 7.60. The molecule has 3 nitrogen and oxygen atoms in total. The molecule has 2 unspecified atom stereocenters. The van der Waals surface area contributed by atoms with Crippen LogP contribution < -0.4 is 5.73 Å². The zero-order valence-electron chi connectivity index (χ0n) is 11.7. The van der Waals surface area contributed by atoms with Crippen LogP contribution in [0.5, 0.6) is 0 Å². The Morgan fingerprint density at radius 1 is 1.55 bits per heavy atom. The second-order valence-corrected chi connectivity index (χ2v) is 5.41. The van der Waals surface area contributed by atoms with Crippen molar-refractivity contribution in [3.05, 3.63) is 35.6 Å². The minimum atomic E-state index is -0.294. The summed E-state index contributed by atoms with van der Waals surface area (Å²) in [6.45, 7) is 3.51. The Labute approximate surface area is 125 Å². The number of amides is 1. The van der Waals surface area contributed by atoms with E-state index in [0.29, 0.717) is 5.92 Å². The van der Waals surface area contributed by atoms with Gasteiger partial charge in [0.05, 0.1) is 6.42 Å². The summed E-state index contributed by atoms with van der Waals surface area (Å²) in [6.07, 6.45) is 2.35. The molecule has 1 aliphatic rings. The zero-order chi connectivity index (χ0) is 13.8. The molecule has 112 valence electrons. The number of halogens is 2. The topological polar surface area (TPSA) is 46.3 Å². The van der Waals surface area contributed by atoms with Gasteiger partial charge in [-0.3, -0.25) is 4.79 Å². The number of hydrogen-bond acceptors (Lipinski definition) is 2. The Morgan fingerprint density at radius 3 is 2.95 bits per heavy atom. The van der Waals surface area contributed by atoms with Crippen LogP contribution in [0, 0.1) is 11.7 Å². The largest absolute Gasteiger partial charge is 0.342 e. The summed E-state index contributed by atoms with van der Waals surface area (Å²) in [5, 5.41) is 0. The van der Waals surface area contributed by atoms with Crippen LogP contribution >= 0.6 is 12.4 Å². The molecule has 0 radical (unpaired) electrons. The first-order valence-corrected chi connectivity index (χ1v) is 6.84. The molecule has 5 heteroatoms. The number of carbonyl (C=O) groups excluding carboxylic acids is 1. The maximum Gasteiger partial charge on any atom is 0.227 e. The number of rotatable bonds is 3. The fraction of sp³-hybridized carbons (Fsp3) is 0.533. The lowest BCUT2D eigenvalue weighted by atomic mass is 9.92. The Hall–Kier alpha value is -1.13. The SMILES string of the molecule is CC(N)C1CCCN(C(=O)Cc2cccc(F)c2)C1.Cl. The van der Waals surface area contributed by atoms with Gasteiger partial charge in [-0.25, -0.2) is 4.39 Å². The van der Waals surface area contributed by atoms with Crippen LogP contribution in [-0.4, -0.2) is 29.9 Å². The van der Waals surface area contributed by atoms with Gasteiger partial charge >= 0.3 is 0 Å². The summed E-state index contributed by atoms with van der Waals surface area (Å²) in [5.74, 6) is 0.151. The van der Waals surface area contributed by atoms with E-state index in [1.807, 2.05) is 11.8 Å². The van der Waals surface area contributed by atoms with Gasteiger partial charge < -0.3 is 10.6 Å². The van der Waals surface area contributed by atoms with E-state index in [4.69, 9.17) is 5.73 Å². The summed E-state index contributed by atoms with van der Waals surface area (Å²) in [6, 6.07) is 6.35. The van der Waals surface area contributed by atoms with E-state index >= 15 is 0 Å². The van der Waals surface area contributed by atoms with Gasteiger partial charge in [0, 0.05) is 19.1 Å². The van der Waals surface area contributed by atoms with E-state index in [9.17, 15) is 9.18 Å². The Balaban J connectivity index is 0.00000200. The average Bonchev–Trinajstić information content (AvgIpc) is 2.39. The highest BCUT2D eigenvalue weighted by molar-refractivity contribution is 5.85. The van der Waals surface area contributed by atoms with Gasteiger partial charge in [0.1, 0.15) is 5.82 Å². The quantitative estimate of drug-likeness (QED) is 0.931. The van der Waals surface area contributed by atoms with Gasteiger partial charge in [-0.2, -0.15) is 0 Å². The molecular weight excluding hydrogens is 279 g/mol. The highest BCUT2D eigenvalue weighted by atomic mass is 35.5. The highest BCUT2D eigenvalue weighted by Crippen LogP contribution is 2.19. The molecule has 0 bridgehead atoms. The molecule has 0 saturated carbocycles. The molecule has 1 aromatic rings. The predicted octanol–water partition coefficient (Wildman–Crippen LogP) is 2.38. The van der Waals surface area contributed by atoms with Crippen LogP contribution in [0.3, 0.4) is 0 Å². The fourth-order valence-electron chi connectivity index (χ4n) is 2.60. The molecule has 0 spiro atoms. The Kier molecular flexibility index (Phi) is 6.43. The number of benzene rings is 1. The van der Waals surface area contributed by atoms with Gasteiger partial charge in [-0.15, -0.1) is 12.4 Å². The Bertz CT molecular complexity index is 453. The maximum absolute atomic E-state index is 13.1. The minimum absolute atomic E-state index is 0. The van der Waals surface area contributed by atoms with E-state index in [0.717, 1.165) is 31.5 Å². The standard InChI is InChI=1S/C15H21FN2O.ClH/c1-11(17)13-5-3-7-18(10-13)15(19)9-12-4-2-6-14(16)8-12;/h2,4,6,8,11,13H,3,5,7,9-10,17H2,1H3;1H. The van der Waals surface area contributed by atoms with Crippen LogP contribution in [-0.2, 0) is 11.2 Å². The Morgan fingerprint density at radius 2 is 2.30 bits per heavy atom. The van der Waals surface area contributed by atoms with Crippen LogP contribution in [0.4, 0.5) is 4.39 Å². The first-order chi connectivity index (χ1) is 9.06. The lowest BCUT2D eigenvalue weighted by molar-refractivity contribution is -0.132. The van der Waals surface area contributed by atoms with Crippen molar-refractivity contribution in [1.82, 2.24) is 4.90 Å². The van der Waals surface area contributed by atoms with Crippen molar-refractivity contribution < 1.29 is 9.18 Å². The molecule has 1 aromatic carbocycles. The van der Waals surface area contributed by atoms with Crippen LogP contribution in [0.15, 0.2) is 24.3 Å². The summed E-state index contributed by atoms with van der Waals surface area (Å²) < 4.78 is 13.1. The van der Waals surface area contributed by atoms with Crippen molar-refractivity contribution in [2.24, 2.45) is 11.7 Å². The normalized spacial score (nSPS) is 20.1. The molecular formula is C15H22ClFN2O. The highest BCUT2D eigenvalue weighted by Gasteiger charge is 2.25. The molecule has 0 aromatic heterocycles. The smallest absolute Gasteiger partial charge is 0.227 e. The third-order valence-electron chi connectivity index (χ3n) is 3.80. The number of piperidine rings is 1. The van der Waals surface area contributed by atoms with Crippen molar-refractivity contribution in [2.75, 3.05) is 13.1 Å². The van der Waals surface area contributed by atoms with E-state index in [1.54, 1.807) is 12.1 Å². The summed E-state index contributed by atoms with van der Waals surface area (Å²) in [4.78, 5) is 14.1. The number of nitrogens with zero attached hydrogens (tertiary/aromatic N) is 1. The summed E-state index contributed by atoms with van der Waals surface area (Å²) >= 11 is 0. The number of nitrogens with two attached hydrogens (primary N) is 1. The van der Waals surface area contributed by atoms with Crippen molar-refractivity contribution >= 4 is 18.3 Å². The van der Waals surface area contributed by atoms with Crippen molar-refractivity contribution in [2.45, 2.75) is 32.2 Å². The molecule has 0 aliphatic carbocycles. The van der Waals surface area contributed by atoms with Gasteiger partial charge in [0.15, 0.2) is 0 Å². The number of likely N-dealkylation sites (tertiary alicyclic amines) is 1. The first-order valence-electron chi connectivity index (χ1n) is 6.84. The molecule has 1 amide bonds. The zero-order valence-corrected chi connectivity index (χ0v) is 12.5. The van der Waals surface area contributed by atoms with Crippen molar-refractivity contribution in [3.8, 4) is 0 Å². The van der Waals surface area contributed by atoms with E-state index < -0.39 is 0 Å². The van der Waals surface area contributed by atoms with Crippen LogP contribution in [0.1, 0.15) is 25.3 Å². The third kappa shape index (κ3) is 4.46. The van der Waals surface area contributed by atoms with Gasteiger partial charge in [0.2, 0.25) is 5.91 Å². The lowest BCUT2D eigenvalue weighted by Gasteiger charge is -2.34. The third-order valence-corrected chi connectivity index (χ3v) is 3.80. The molecule has 20 heavy (non-hydrogen) atoms. The molecule has 1 fully saturated rings. The second-order valence-electron chi connectivity index (χ2n) is 5.41.